The Balaban J connectivity index is 2.00. The number of amides is 1. The average molecular weight is 307 g/mol. The van der Waals surface area contributed by atoms with Crippen molar-refractivity contribution in [3.8, 4) is 5.75 Å². The summed E-state index contributed by atoms with van der Waals surface area (Å²) in [5.41, 5.74) is 6.42. The first kappa shape index (κ1) is 15.7. The summed E-state index contributed by atoms with van der Waals surface area (Å²) < 4.78 is 6.47. The number of carbonyl (C=O) groups excluding carboxylic acids is 1. The van der Waals surface area contributed by atoms with Gasteiger partial charge in [0, 0.05) is 6.42 Å². The molecule has 0 radical (unpaired) electrons. The number of nitrogens with zero attached hydrogens (tertiary/aromatic N) is 1. The molecule has 1 aromatic carbocycles. The lowest BCUT2D eigenvalue weighted by molar-refractivity contribution is -0.116. The first-order valence-corrected chi connectivity index (χ1v) is 7.97. The summed E-state index contributed by atoms with van der Waals surface area (Å²) in [7, 11) is 0. The zero-order valence-electron chi connectivity index (χ0n) is 12.4. The van der Waals surface area contributed by atoms with E-state index in [1.807, 2.05) is 32.0 Å². The first-order chi connectivity index (χ1) is 10.1. The second kappa shape index (κ2) is 7.38. The third-order valence-electron chi connectivity index (χ3n) is 3.18. The summed E-state index contributed by atoms with van der Waals surface area (Å²) in [5, 5.41) is 3.48. The fourth-order valence-electron chi connectivity index (χ4n) is 1.89. The number of aromatic nitrogens is 1. The Morgan fingerprint density at radius 1 is 1.52 bits per heavy atom. The number of hydrogen-bond acceptors (Lipinski definition) is 5. The van der Waals surface area contributed by atoms with E-state index in [-0.39, 0.29) is 5.91 Å². The van der Waals surface area contributed by atoms with Crippen LogP contribution >= 0.6 is 11.3 Å². The molecule has 2 rings (SSSR count). The van der Waals surface area contributed by atoms with E-state index in [1.54, 1.807) is 0 Å². The van der Waals surface area contributed by atoms with Crippen molar-refractivity contribution in [2.24, 2.45) is 11.7 Å². The predicted molar refractivity (Wildman–Crippen MR) is 86.9 cm³/mol. The van der Waals surface area contributed by atoms with Crippen molar-refractivity contribution in [3.05, 3.63) is 18.2 Å². The number of nitrogens with two attached hydrogens (primary N) is 1. The molecule has 1 heterocycles. The minimum Gasteiger partial charge on any atom is -0.494 e. The molecule has 3 N–H and O–H groups in total. The van der Waals surface area contributed by atoms with E-state index in [0.717, 1.165) is 22.4 Å². The van der Waals surface area contributed by atoms with Crippen molar-refractivity contribution >= 4 is 32.6 Å². The van der Waals surface area contributed by atoms with Crippen LogP contribution in [0.3, 0.4) is 0 Å². The standard InChI is InChI=1S/C15H21N3O2S/c1-3-20-11-5-6-12-13(8-11)21-15(17-12)18-14(19)7-4-10(2)9-16/h5-6,8,10H,3-4,7,9,16H2,1-2H3,(H,17,18,19). The molecule has 0 spiro atoms. The highest BCUT2D eigenvalue weighted by Gasteiger charge is 2.10. The van der Waals surface area contributed by atoms with Gasteiger partial charge in [0.1, 0.15) is 5.75 Å². The smallest absolute Gasteiger partial charge is 0.226 e. The van der Waals surface area contributed by atoms with Gasteiger partial charge in [0.2, 0.25) is 5.91 Å². The van der Waals surface area contributed by atoms with Gasteiger partial charge in [0.25, 0.3) is 0 Å². The van der Waals surface area contributed by atoms with Crippen LogP contribution in [-0.2, 0) is 4.79 Å². The molecule has 0 fully saturated rings. The molecule has 21 heavy (non-hydrogen) atoms. The molecule has 2 aromatic rings. The molecule has 0 saturated carbocycles. The quantitative estimate of drug-likeness (QED) is 0.824. The van der Waals surface area contributed by atoms with Gasteiger partial charge in [-0.1, -0.05) is 18.3 Å². The van der Waals surface area contributed by atoms with Gasteiger partial charge in [-0.05, 0) is 44.0 Å². The number of nitrogens with one attached hydrogen (secondary N) is 1. The number of anilines is 1. The topological polar surface area (TPSA) is 77.2 Å². The van der Waals surface area contributed by atoms with Crippen LogP contribution in [0.2, 0.25) is 0 Å². The van der Waals surface area contributed by atoms with Crippen LogP contribution in [-0.4, -0.2) is 24.0 Å². The minimum absolute atomic E-state index is 0.0145. The van der Waals surface area contributed by atoms with Gasteiger partial charge in [-0.15, -0.1) is 0 Å². The van der Waals surface area contributed by atoms with Crippen LogP contribution in [0, 0.1) is 5.92 Å². The molecule has 0 saturated heterocycles. The van der Waals surface area contributed by atoms with Crippen LogP contribution in [0.25, 0.3) is 10.2 Å². The zero-order valence-corrected chi connectivity index (χ0v) is 13.2. The highest BCUT2D eigenvalue weighted by Crippen LogP contribution is 2.29. The van der Waals surface area contributed by atoms with Crippen molar-refractivity contribution in [3.63, 3.8) is 0 Å². The van der Waals surface area contributed by atoms with Crippen LogP contribution in [0.4, 0.5) is 5.13 Å². The average Bonchev–Trinajstić information content (AvgIpc) is 2.86. The summed E-state index contributed by atoms with van der Waals surface area (Å²) in [6, 6.07) is 5.74. The van der Waals surface area contributed by atoms with Crippen LogP contribution in [0.5, 0.6) is 5.75 Å². The molecule has 0 aliphatic heterocycles. The summed E-state index contributed by atoms with van der Waals surface area (Å²) >= 11 is 1.46. The summed E-state index contributed by atoms with van der Waals surface area (Å²) in [6.45, 7) is 5.23. The van der Waals surface area contributed by atoms with E-state index in [2.05, 4.69) is 10.3 Å². The lowest BCUT2D eigenvalue weighted by Crippen LogP contribution is -2.16. The van der Waals surface area contributed by atoms with Crippen LogP contribution in [0.1, 0.15) is 26.7 Å². The van der Waals surface area contributed by atoms with Crippen LogP contribution in [0.15, 0.2) is 18.2 Å². The van der Waals surface area contributed by atoms with E-state index in [1.165, 1.54) is 11.3 Å². The predicted octanol–water partition coefficient (Wildman–Crippen LogP) is 3.01. The monoisotopic (exact) mass is 307 g/mol. The summed E-state index contributed by atoms with van der Waals surface area (Å²) in [4.78, 5) is 16.3. The SMILES string of the molecule is CCOc1ccc2nc(NC(=O)CCC(C)CN)sc2c1. The molecule has 0 aliphatic rings. The molecule has 0 bridgehead atoms. The van der Waals surface area contributed by atoms with Crippen molar-refractivity contribution < 1.29 is 9.53 Å². The number of ether oxygens (including phenoxy) is 1. The van der Waals surface area contributed by atoms with Gasteiger partial charge in [0.05, 0.1) is 16.8 Å². The molecule has 1 unspecified atom stereocenters. The Bertz CT molecular complexity index is 612. The second-order valence-electron chi connectivity index (χ2n) is 5.01. The molecule has 5 nitrogen and oxygen atoms in total. The van der Waals surface area contributed by atoms with Gasteiger partial charge < -0.3 is 15.8 Å². The Labute approximate surface area is 128 Å². The number of carbonyl (C=O) groups is 1. The number of hydrogen-bond donors (Lipinski definition) is 2. The zero-order chi connectivity index (χ0) is 15.2. The van der Waals surface area contributed by atoms with E-state index < -0.39 is 0 Å². The molecule has 0 aliphatic carbocycles. The number of fused-ring (bicyclic) bond motifs is 1. The maximum atomic E-state index is 11.9. The van der Waals surface area contributed by atoms with Crippen molar-refractivity contribution in [2.45, 2.75) is 26.7 Å². The van der Waals surface area contributed by atoms with Crippen molar-refractivity contribution in [2.75, 3.05) is 18.5 Å². The van der Waals surface area contributed by atoms with Crippen molar-refractivity contribution in [1.82, 2.24) is 4.98 Å². The minimum atomic E-state index is -0.0145. The largest absolute Gasteiger partial charge is 0.494 e. The molecule has 114 valence electrons. The van der Waals surface area contributed by atoms with Gasteiger partial charge in [-0.3, -0.25) is 4.79 Å². The summed E-state index contributed by atoms with van der Waals surface area (Å²) in [5.74, 6) is 1.17. The Hall–Kier alpha value is -1.66. The fourth-order valence-corrected chi connectivity index (χ4v) is 2.80. The van der Waals surface area contributed by atoms with E-state index in [0.29, 0.717) is 30.6 Å². The summed E-state index contributed by atoms with van der Waals surface area (Å²) in [6.07, 6.45) is 1.26. The van der Waals surface area contributed by atoms with Gasteiger partial charge >= 0.3 is 0 Å². The van der Waals surface area contributed by atoms with Crippen LogP contribution < -0.4 is 15.8 Å². The highest BCUT2D eigenvalue weighted by molar-refractivity contribution is 7.22. The van der Waals surface area contributed by atoms with Gasteiger partial charge in [-0.25, -0.2) is 4.98 Å². The molecule has 1 amide bonds. The lowest BCUT2D eigenvalue weighted by Gasteiger charge is -2.06. The molecule has 1 aromatic heterocycles. The second-order valence-corrected chi connectivity index (χ2v) is 6.04. The van der Waals surface area contributed by atoms with Crippen molar-refractivity contribution in [1.29, 1.82) is 0 Å². The maximum Gasteiger partial charge on any atom is 0.226 e. The molecule has 6 heteroatoms. The van der Waals surface area contributed by atoms with E-state index in [9.17, 15) is 4.79 Å². The normalized spacial score (nSPS) is 12.3. The lowest BCUT2D eigenvalue weighted by atomic mass is 10.1. The third kappa shape index (κ3) is 4.41. The maximum absolute atomic E-state index is 11.9. The number of thiazole rings is 1. The highest BCUT2D eigenvalue weighted by atomic mass is 32.1. The molecular weight excluding hydrogens is 286 g/mol. The Morgan fingerprint density at radius 2 is 2.33 bits per heavy atom. The number of rotatable bonds is 7. The van der Waals surface area contributed by atoms with E-state index >= 15 is 0 Å². The Kier molecular flexibility index (Phi) is 5.52. The number of benzene rings is 1. The molecule has 1 atom stereocenters. The van der Waals surface area contributed by atoms with Gasteiger partial charge in [-0.2, -0.15) is 0 Å². The third-order valence-corrected chi connectivity index (χ3v) is 4.12. The Morgan fingerprint density at radius 3 is 3.05 bits per heavy atom. The fraction of sp³-hybridized carbons (Fsp3) is 0.467. The van der Waals surface area contributed by atoms with Gasteiger partial charge in [0.15, 0.2) is 5.13 Å². The molecular formula is C15H21N3O2S. The van der Waals surface area contributed by atoms with E-state index in [4.69, 9.17) is 10.5 Å². The first-order valence-electron chi connectivity index (χ1n) is 7.15.